The molecule has 2 bridgehead atoms. The highest BCUT2D eigenvalue weighted by Crippen LogP contribution is 2.47. The molecule has 8 heteroatoms. The Kier molecular flexibility index (Phi) is 2.97. The van der Waals surface area contributed by atoms with Gasteiger partial charge in [-0.05, 0) is 19.4 Å². The van der Waals surface area contributed by atoms with Gasteiger partial charge in [-0.25, -0.2) is 0 Å². The number of rotatable bonds is 3. The lowest BCUT2D eigenvalue weighted by molar-refractivity contribution is -0.206. The van der Waals surface area contributed by atoms with E-state index >= 15 is 0 Å². The Hall–Kier alpha value is -0.890. The van der Waals surface area contributed by atoms with Gasteiger partial charge < -0.3 is 23.7 Å². The number of azide groups is 1. The summed E-state index contributed by atoms with van der Waals surface area (Å²) in [6.45, 7) is 4.33. The van der Waals surface area contributed by atoms with Crippen LogP contribution in [0.5, 0.6) is 0 Å². The topological polar surface area (TPSA) is 94.9 Å². The van der Waals surface area contributed by atoms with Gasteiger partial charge in [0.25, 0.3) is 0 Å². The van der Waals surface area contributed by atoms with Gasteiger partial charge in [0.2, 0.25) is 0 Å². The largest absolute Gasteiger partial charge is 0.381 e. The van der Waals surface area contributed by atoms with Crippen molar-refractivity contribution in [3.05, 3.63) is 10.4 Å². The van der Waals surface area contributed by atoms with E-state index in [0.717, 1.165) is 0 Å². The van der Waals surface area contributed by atoms with Gasteiger partial charge in [0.05, 0.1) is 13.2 Å². The molecule has 0 aliphatic carbocycles. The van der Waals surface area contributed by atoms with Crippen molar-refractivity contribution >= 4 is 0 Å². The number of nitrogens with zero attached hydrogens (tertiary/aromatic N) is 3. The minimum atomic E-state index is -0.743. The zero-order chi connectivity index (χ0) is 13.7. The number of hydrogen-bond donors (Lipinski definition) is 0. The van der Waals surface area contributed by atoms with Crippen molar-refractivity contribution in [2.75, 3.05) is 20.3 Å². The summed E-state index contributed by atoms with van der Waals surface area (Å²) in [4.78, 5) is 2.85. The molecular formula is C11H17N3O5. The average Bonchev–Trinajstić information content (AvgIpc) is 2.86. The zero-order valence-corrected chi connectivity index (χ0v) is 11.1. The van der Waals surface area contributed by atoms with E-state index in [4.69, 9.17) is 29.2 Å². The van der Waals surface area contributed by atoms with Crippen molar-refractivity contribution < 1.29 is 23.7 Å². The van der Waals surface area contributed by atoms with E-state index < -0.39 is 23.7 Å². The van der Waals surface area contributed by atoms with Crippen molar-refractivity contribution in [1.29, 1.82) is 0 Å². The third-order valence-corrected chi connectivity index (χ3v) is 3.68. The second-order valence-corrected chi connectivity index (χ2v) is 5.51. The molecule has 3 aliphatic heterocycles. The molecule has 0 saturated carbocycles. The molecule has 0 amide bonds. The van der Waals surface area contributed by atoms with Crippen LogP contribution in [-0.2, 0) is 23.7 Å². The summed E-state index contributed by atoms with van der Waals surface area (Å²) >= 11 is 0. The number of ether oxygens (including phenoxy) is 5. The van der Waals surface area contributed by atoms with Crippen LogP contribution in [0.2, 0.25) is 0 Å². The first-order chi connectivity index (χ1) is 9.01. The Morgan fingerprint density at radius 3 is 2.84 bits per heavy atom. The van der Waals surface area contributed by atoms with Crippen molar-refractivity contribution in [1.82, 2.24) is 0 Å². The van der Waals surface area contributed by atoms with Crippen LogP contribution in [0.3, 0.4) is 0 Å². The van der Waals surface area contributed by atoms with Crippen LogP contribution in [0.25, 0.3) is 10.4 Å². The fraction of sp³-hybridized carbons (Fsp3) is 1.00. The fourth-order valence-electron chi connectivity index (χ4n) is 3.02. The second kappa shape index (κ2) is 4.31. The maximum atomic E-state index is 8.69. The Labute approximate surface area is 110 Å². The molecule has 5 atom stereocenters. The standard InChI is InChI=1S/C11H17N3O5/c1-10(2)17-7-6(13-14-12)9-16-5-11(19-9,4-15-3)8(7)18-10/h6-9H,4-5H2,1-3H3/t6-,7-,8-,9+,11+/m1/s1. The molecule has 8 nitrogen and oxygen atoms in total. The number of fused-ring (bicyclic) bond motifs is 4. The Morgan fingerprint density at radius 2 is 2.16 bits per heavy atom. The normalized spacial score (nSPS) is 46.7. The van der Waals surface area contributed by atoms with Gasteiger partial charge in [0.15, 0.2) is 12.1 Å². The molecule has 0 radical (unpaired) electrons. The molecule has 3 fully saturated rings. The summed E-state index contributed by atoms with van der Waals surface area (Å²) in [5.41, 5.74) is 7.99. The van der Waals surface area contributed by atoms with Gasteiger partial charge in [-0.1, -0.05) is 5.11 Å². The van der Waals surface area contributed by atoms with E-state index in [2.05, 4.69) is 10.0 Å². The highest BCUT2D eigenvalue weighted by Gasteiger charge is 2.65. The van der Waals surface area contributed by atoms with Crippen molar-refractivity contribution in [3.8, 4) is 0 Å². The molecular weight excluding hydrogens is 254 g/mol. The molecule has 3 rings (SSSR count). The predicted octanol–water partition coefficient (Wildman–Crippen LogP) is 0.957. The SMILES string of the molecule is COC[C@@]12CO[C@@H](O1)[C@H](N=[N+]=[N-])[C@H]1OC(C)(C)O[C@H]12. The smallest absolute Gasteiger partial charge is 0.169 e. The van der Waals surface area contributed by atoms with Crippen LogP contribution in [-0.4, -0.2) is 56.3 Å². The minimum absolute atomic E-state index is 0.337. The van der Waals surface area contributed by atoms with Crippen LogP contribution in [0.4, 0.5) is 0 Å². The molecule has 0 N–H and O–H groups in total. The monoisotopic (exact) mass is 271 g/mol. The lowest BCUT2D eigenvalue weighted by Crippen LogP contribution is -2.60. The molecule has 19 heavy (non-hydrogen) atoms. The van der Waals surface area contributed by atoms with Crippen molar-refractivity contribution in [3.63, 3.8) is 0 Å². The molecule has 0 spiro atoms. The number of methoxy groups -OCH3 is 1. The van der Waals surface area contributed by atoms with Crippen LogP contribution in [0.1, 0.15) is 13.8 Å². The molecule has 0 aromatic rings. The zero-order valence-electron chi connectivity index (χ0n) is 11.1. The summed E-state index contributed by atoms with van der Waals surface area (Å²) in [6, 6.07) is -0.552. The van der Waals surface area contributed by atoms with Crippen LogP contribution >= 0.6 is 0 Å². The van der Waals surface area contributed by atoms with Gasteiger partial charge in [0, 0.05) is 12.0 Å². The van der Waals surface area contributed by atoms with Gasteiger partial charge in [-0.3, -0.25) is 0 Å². The third-order valence-electron chi connectivity index (χ3n) is 3.68. The van der Waals surface area contributed by atoms with E-state index in [0.29, 0.717) is 13.2 Å². The van der Waals surface area contributed by atoms with E-state index in [1.54, 1.807) is 7.11 Å². The highest BCUT2D eigenvalue weighted by atomic mass is 16.8. The summed E-state index contributed by atoms with van der Waals surface area (Å²) in [7, 11) is 1.60. The molecule has 3 saturated heterocycles. The van der Waals surface area contributed by atoms with Crippen LogP contribution in [0.15, 0.2) is 5.11 Å². The second-order valence-electron chi connectivity index (χ2n) is 5.51. The first kappa shape index (κ1) is 13.1. The first-order valence-corrected chi connectivity index (χ1v) is 6.19. The average molecular weight is 271 g/mol. The molecule has 3 aliphatic rings. The third kappa shape index (κ3) is 1.92. The quantitative estimate of drug-likeness (QED) is 0.433. The maximum absolute atomic E-state index is 8.69. The lowest BCUT2D eigenvalue weighted by Gasteiger charge is -2.40. The van der Waals surface area contributed by atoms with E-state index in [1.165, 1.54) is 0 Å². The van der Waals surface area contributed by atoms with Gasteiger partial charge in [0.1, 0.15) is 23.9 Å². The lowest BCUT2D eigenvalue weighted by atomic mass is 9.89. The van der Waals surface area contributed by atoms with E-state index in [9.17, 15) is 0 Å². The van der Waals surface area contributed by atoms with Crippen molar-refractivity contribution in [2.45, 2.75) is 49.8 Å². The fourth-order valence-corrected chi connectivity index (χ4v) is 3.02. The summed E-state index contributed by atoms with van der Waals surface area (Å²) in [6.07, 6.45) is -1.37. The van der Waals surface area contributed by atoms with Crippen LogP contribution < -0.4 is 0 Å². The maximum Gasteiger partial charge on any atom is 0.169 e. The van der Waals surface area contributed by atoms with Crippen molar-refractivity contribution in [2.24, 2.45) is 5.11 Å². The molecule has 0 unspecified atom stereocenters. The molecule has 0 aromatic heterocycles. The minimum Gasteiger partial charge on any atom is -0.381 e. The Morgan fingerprint density at radius 1 is 1.37 bits per heavy atom. The van der Waals surface area contributed by atoms with Gasteiger partial charge in [-0.2, -0.15) is 0 Å². The predicted molar refractivity (Wildman–Crippen MR) is 62.2 cm³/mol. The van der Waals surface area contributed by atoms with Crippen LogP contribution in [0, 0.1) is 0 Å². The Bertz CT molecular complexity index is 425. The highest BCUT2D eigenvalue weighted by molar-refractivity contribution is 5.10. The van der Waals surface area contributed by atoms with Gasteiger partial charge in [-0.15, -0.1) is 0 Å². The summed E-state index contributed by atoms with van der Waals surface area (Å²) < 4.78 is 28.5. The molecule has 3 heterocycles. The van der Waals surface area contributed by atoms with E-state index in [-0.39, 0.29) is 12.2 Å². The molecule has 106 valence electrons. The Balaban J connectivity index is 1.96. The van der Waals surface area contributed by atoms with Gasteiger partial charge >= 0.3 is 0 Å². The van der Waals surface area contributed by atoms with E-state index in [1.807, 2.05) is 13.8 Å². The molecule has 0 aromatic carbocycles. The first-order valence-electron chi connectivity index (χ1n) is 6.19. The summed E-state index contributed by atoms with van der Waals surface area (Å²) in [5, 5.41) is 3.75. The summed E-state index contributed by atoms with van der Waals surface area (Å²) in [5.74, 6) is -0.743. The number of hydrogen-bond acceptors (Lipinski definition) is 6.